The third kappa shape index (κ3) is 3.80. The number of rotatable bonds is 3. The van der Waals surface area contributed by atoms with E-state index in [1.165, 1.54) is 0 Å². The van der Waals surface area contributed by atoms with E-state index in [9.17, 15) is 4.79 Å². The first-order valence-corrected chi connectivity index (χ1v) is 6.09. The Labute approximate surface area is 97.4 Å². The maximum Gasteiger partial charge on any atom is 0.293 e. The van der Waals surface area contributed by atoms with Gasteiger partial charge in [0.05, 0.1) is 0 Å². The van der Waals surface area contributed by atoms with Crippen molar-refractivity contribution in [1.82, 2.24) is 0 Å². The summed E-state index contributed by atoms with van der Waals surface area (Å²) in [4.78, 5) is 11.2. The van der Waals surface area contributed by atoms with E-state index in [0.29, 0.717) is 6.47 Å². The van der Waals surface area contributed by atoms with E-state index in [2.05, 4.69) is 15.9 Å². The predicted octanol–water partition coefficient (Wildman–Crippen LogP) is 3.94. The lowest BCUT2D eigenvalue weighted by Crippen LogP contribution is -2.18. The molecule has 0 aliphatic carbocycles. The number of thiophene rings is 1. The van der Waals surface area contributed by atoms with Crippen molar-refractivity contribution in [1.29, 1.82) is 0 Å². The topological polar surface area (TPSA) is 26.3 Å². The highest BCUT2D eigenvalue weighted by Crippen LogP contribution is 2.31. The lowest BCUT2D eigenvalue weighted by atomic mass is 10.1. The van der Waals surface area contributed by atoms with Crippen LogP contribution < -0.4 is 0 Å². The molecule has 4 heteroatoms. The first-order valence-electron chi connectivity index (χ1n) is 4.42. The third-order valence-electron chi connectivity index (χ3n) is 1.50. The van der Waals surface area contributed by atoms with Crippen LogP contribution in [-0.4, -0.2) is 6.47 Å². The van der Waals surface area contributed by atoms with Gasteiger partial charge in [-0.15, -0.1) is 11.3 Å². The van der Waals surface area contributed by atoms with Gasteiger partial charge in [-0.2, -0.15) is 0 Å². The van der Waals surface area contributed by atoms with Crippen molar-refractivity contribution in [3.8, 4) is 0 Å². The van der Waals surface area contributed by atoms with E-state index in [0.717, 1.165) is 9.35 Å². The summed E-state index contributed by atoms with van der Waals surface area (Å²) in [7, 11) is 0. The second-order valence-corrected chi connectivity index (χ2v) is 4.68. The van der Waals surface area contributed by atoms with Gasteiger partial charge in [-0.25, -0.2) is 0 Å². The molecule has 0 N–H and O–H groups in total. The summed E-state index contributed by atoms with van der Waals surface area (Å²) in [5.74, 6) is 0. The van der Waals surface area contributed by atoms with Crippen LogP contribution in [0.25, 0.3) is 0 Å². The van der Waals surface area contributed by atoms with Crippen molar-refractivity contribution in [2.24, 2.45) is 0 Å². The molecule has 1 aromatic heterocycles. The van der Waals surface area contributed by atoms with Gasteiger partial charge in [0.1, 0.15) is 5.60 Å². The van der Waals surface area contributed by atoms with Crippen LogP contribution in [0.4, 0.5) is 0 Å². The summed E-state index contributed by atoms with van der Waals surface area (Å²) in [5, 5.41) is 1.96. The number of carbonyl (C=O) groups excluding carboxylic acids is 1. The summed E-state index contributed by atoms with van der Waals surface area (Å²) in [5.41, 5.74) is -0.515. The number of ether oxygens (including phenoxy) is 1. The van der Waals surface area contributed by atoms with Gasteiger partial charge in [0.2, 0.25) is 0 Å². The molecule has 0 aliphatic heterocycles. The molecule has 0 fully saturated rings. The smallest absolute Gasteiger partial charge is 0.293 e. The van der Waals surface area contributed by atoms with Crippen molar-refractivity contribution in [3.05, 3.63) is 20.8 Å². The third-order valence-corrected chi connectivity index (χ3v) is 3.50. The van der Waals surface area contributed by atoms with Gasteiger partial charge in [0, 0.05) is 14.7 Å². The van der Waals surface area contributed by atoms with Crippen LogP contribution in [0.5, 0.6) is 0 Å². The molecule has 1 aromatic rings. The quantitative estimate of drug-likeness (QED) is 0.783. The van der Waals surface area contributed by atoms with Crippen molar-refractivity contribution >= 4 is 33.7 Å². The van der Waals surface area contributed by atoms with Gasteiger partial charge in [-0.3, -0.25) is 4.79 Å². The van der Waals surface area contributed by atoms with Crippen molar-refractivity contribution in [2.45, 2.75) is 33.3 Å². The van der Waals surface area contributed by atoms with E-state index >= 15 is 0 Å². The van der Waals surface area contributed by atoms with E-state index in [1.807, 2.05) is 39.1 Å². The zero-order valence-electron chi connectivity index (χ0n) is 8.83. The molecule has 0 bridgehead atoms. The zero-order valence-corrected chi connectivity index (χ0v) is 11.2. The van der Waals surface area contributed by atoms with Gasteiger partial charge < -0.3 is 4.74 Å². The van der Waals surface area contributed by atoms with Crippen LogP contribution in [0, 0.1) is 0 Å². The number of hydrogen-bond acceptors (Lipinski definition) is 3. The Morgan fingerprint density at radius 2 is 2.07 bits per heavy atom. The monoisotopic (exact) mass is 278 g/mol. The van der Waals surface area contributed by atoms with Crippen LogP contribution in [0.3, 0.4) is 0 Å². The van der Waals surface area contributed by atoms with Gasteiger partial charge >= 0.3 is 0 Å². The SMILES string of the molecule is CC.CC(C)(OC=O)c1cc(Br)cs1. The molecular weight excluding hydrogens is 264 g/mol. The first-order chi connectivity index (χ1) is 6.56. The average molecular weight is 279 g/mol. The molecule has 1 rings (SSSR count). The Hall–Kier alpha value is -0.350. The molecule has 0 spiro atoms. The molecule has 0 radical (unpaired) electrons. The summed E-state index contributed by atoms with van der Waals surface area (Å²) in [6.07, 6.45) is 0. The minimum Gasteiger partial charge on any atom is -0.456 e. The number of hydrogen-bond donors (Lipinski definition) is 0. The van der Waals surface area contributed by atoms with Crippen LogP contribution in [0.2, 0.25) is 0 Å². The van der Waals surface area contributed by atoms with Gasteiger partial charge in [-0.05, 0) is 35.8 Å². The average Bonchev–Trinajstić information content (AvgIpc) is 2.56. The van der Waals surface area contributed by atoms with Crippen LogP contribution in [0.15, 0.2) is 15.9 Å². The maximum absolute atomic E-state index is 10.2. The molecule has 2 nitrogen and oxygen atoms in total. The zero-order chi connectivity index (χ0) is 11.2. The number of halogens is 1. The van der Waals surface area contributed by atoms with Crippen LogP contribution in [0.1, 0.15) is 32.6 Å². The Balaban J connectivity index is 0.000000791. The molecular formula is C10H15BrO2S. The molecule has 14 heavy (non-hydrogen) atoms. The van der Waals surface area contributed by atoms with Crippen molar-refractivity contribution < 1.29 is 9.53 Å². The largest absolute Gasteiger partial charge is 0.456 e. The van der Waals surface area contributed by atoms with Crippen LogP contribution in [-0.2, 0) is 15.1 Å². The van der Waals surface area contributed by atoms with E-state index in [1.54, 1.807) is 11.3 Å². The Kier molecular flexibility index (Phi) is 6.04. The fourth-order valence-electron chi connectivity index (χ4n) is 0.807. The molecule has 0 saturated heterocycles. The van der Waals surface area contributed by atoms with Crippen molar-refractivity contribution in [2.75, 3.05) is 0 Å². The van der Waals surface area contributed by atoms with E-state index in [4.69, 9.17) is 4.74 Å². The normalized spacial score (nSPS) is 10.1. The van der Waals surface area contributed by atoms with Gasteiger partial charge in [0.15, 0.2) is 0 Å². The highest BCUT2D eigenvalue weighted by atomic mass is 79.9. The summed E-state index contributed by atoms with van der Waals surface area (Å²) >= 11 is 4.91. The second-order valence-electron chi connectivity index (χ2n) is 2.85. The lowest BCUT2D eigenvalue weighted by molar-refractivity contribution is -0.140. The highest BCUT2D eigenvalue weighted by Gasteiger charge is 2.23. The molecule has 80 valence electrons. The van der Waals surface area contributed by atoms with Gasteiger partial charge in [-0.1, -0.05) is 13.8 Å². The van der Waals surface area contributed by atoms with Crippen molar-refractivity contribution in [3.63, 3.8) is 0 Å². The van der Waals surface area contributed by atoms with Gasteiger partial charge in [0.25, 0.3) is 6.47 Å². The second kappa shape index (κ2) is 6.19. The summed E-state index contributed by atoms with van der Waals surface area (Å²) in [6.45, 7) is 8.20. The minimum atomic E-state index is -0.515. The van der Waals surface area contributed by atoms with Crippen LogP contribution >= 0.6 is 27.3 Å². The maximum atomic E-state index is 10.2. The molecule has 1 heterocycles. The number of carbonyl (C=O) groups is 1. The lowest BCUT2D eigenvalue weighted by Gasteiger charge is -2.20. The fraction of sp³-hybridized carbons (Fsp3) is 0.500. The summed E-state index contributed by atoms with van der Waals surface area (Å²) in [6, 6.07) is 1.95. The molecule has 0 aliphatic rings. The molecule has 0 atom stereocenters. The van der Waals surface area contributed by atoms with E-state index in [-0.39, 0.29) is 0 Å². The predicted molar refractivity (Wildman–Crippen MR) is 63.5 cm³/mol. The highest BCUT2D eigenvalue weighted by molar-refractivity contribution is 9.10. The minimum absolute atomic E-state index is 0.480. The Bertz CT molecular complexity index is 281. The first kappa shape index (κ1) is 13.7. The van der Waals surface area contributed by atoms with E-state index < -0.39 is 5.60 Å². The standard InChI is InChI=1S/C8H9BrO2S.C2H6/c1-8(2,11-5-10)7-3-6(9)4-12-7;1-2/h3-5H,1-2H3;1-2H3. The molecule has 0 amide bonds. The molecule has 0 saturated carbocycles. The Morgan fingerprint density at radius 3 is 2.43 bits per heavy atom. The molecule has 0 unspecified atom stereocenters. The fourth-order valence-corrected chi connectivity index (χ4v) is 2.30. The molecule has 0 aromatic carbocycles. The summed E-state index contributed by atoms with van der Waals surface area (Å²) < 4.78 is 5.96. The Morgan fingerprint density at radius 1 is 1.50 bits per heavy atom.